The highest BCUT2D eigenvalue weighted by atomic mass is 35.5. The summed E-state index contributed by atoms with van der Waals surface area (Å²) in [5, 5.41) is 11.6. The number of rotatable bonds is 8. The van der Waals surface area contributed by atoms with Crippen molar-refractivity contribution in [1.29, 1.82) is 0 Å². The summed E-state index contributed by atoms with van der Waals surface area (Å²) in [7, 11) is 0. The Hall–Kier alpha value is -1.06. The van der Waals surface area contributed by atoms with Crippen LogP contribution in [0.4, 0.5) is 0 Å². The summed E-state index contributed by atoms with van der Waals surface area (Å²) in [4.78, 5) is 18.1. The lowest BCUT2D eigenvalue weighted by molar-refractivity contribution is 0.0691. The van der Waals surface area contributed by atoms with Crippen LogP contribution in [0.25, 0.3) is 0 Å². The highest BCUT2D eigenvalue weighted by Gasteiger charge is 2.28. The number of hydrogen-bond acceptors (Lipinski definition) is 6. The second kappa shape index (κ2) is 9.43. The van der Waals surface area contributed by atoms with E-state index in [9.17, 15) is 4.79 Å². The molecule has 0 radical (unpaired) electrons. The molecule has 144 valence electrons. The molecule has 0 spiro atoms. The zero-order valence-electron chi connectivity index (χ0n) is 14.1. The fourth-order valence-corrected chi connectivity index (χ4v) is 5.40. The van der Waals surface area contributed by atoms with Crippen LogP contribution in [0.15, 0.2) is 27.9 Å². The Morgan fingerprint density at radius 3 is 2.81 bits per heavy atom. The number of halogens is 2. The Kier molecular flexibility index (Phi) is 7.22. The number of hydrogen-bond donors (Lipinski definition) is 1. The number of thiazole rings is 1. The van der Waals surface area contributed by atoms with Gasteiger partial charge < -0.3 is 14.7 Å². The van der Waals surface area contributed by atoms with Gasteiger partial charge in [-0.3, -0.25) is 0 Å². The minimum atomic E-state index is -1.00. The van der Waals surface area contributed by atoms with Crippen molar-refractivity contribution in [2.75, 3.05) is 18.9 Å². The van der Waals surface area contributed by atoms with E-state index in [0.717, 1.165) is 34.5 Å². The molecular formula is C17H16Cl2N2O3S3. The number of aromatic nitrogens is 1. The van der Waals surface area contributed by atoms with Crippen LogP contribution in [0.2, 0.25) is 10.0 Å². The molecule has 2 heterocycles. The molecule has 27 heavy (non-hydrogen) atoms. The summed E-state index contributed by atoms with van der Waals surface area (Å²) in [5.41, 5.74) is 0.0886. The molecule has 1 N–H and O–H groups in total. The first-order chi connectivity index (χ1) is 12.9. The molecule has 0 aliphatic carbocycles. The van der Waals surface area contributed by atoms with Crippen molar-refractivity contribution in [2.24, 2.45) is 0 Å². The predicted molar refractivity (Wildman–Crippen MR) is 114 cm³/mol. The van der Waals surface area contributed by atoms with Crippen molar-refractivity contribution in [3.05, 3.63) is 39.3 Å². The second-order valence-electron chi connectivity index (χ2n) is 5.85. The molecule has 0 amide bonds. The van der Waals surface area contributed by atoms with Gasteiger partial charge in [0.15, 0.2) is 10.0 Å². The first-order valence-corrected chi connectivity index (χ1v) is 11.2. The van der Waals surface area contributed by atoms with Crippen molar-refractivity contribution < 1.29 is 14.6 Å². The van der Waals surface area contributed by atoms with E-state index in [4.69, 9.17) is 45.3 Å². The molecule has 1 aliphatic heterocycles. The summed E-state index contributed by atoms with van der Waals surface area (Å²) in [5.74, 6) is 0.410. The Labute approximate surface area is 180 Å². The standard InChI is InChI=1S/C17H16Cl2N2O3S3/c18-10-5-11(19)7-13(6-10)24-8-12-1-2-15(25)21(12)3-4-26-17-20-14(9-27-17)16(22)23/h5-7,9,12H,1-4,8H2,(H,22,23). The van der Waals surface area contributed by atoms with E-state index in [1.165, 1.54) is 23.1 Å². The van der Waals surface area contributed by atoms with Gasteiger partial charge in [-0.1, -0.05) is 47.2 Å². The minimum Gasteiger partial charge on any atom is -0.491 e. The smallest absolute Gasteiger partial charge is 0.355 e. The molecule has 10 heteroatoms. The summed E-state index contributed by atoms with van der Waals surface area (Å²) in [6, 6.07) is 5.34. The Morgan fingerprint density at radius 2 is 2.15 bits per heavy atom. The van der Waals surface area contributed by atoms with Crippen LogP contribution in [0, 0.1) is 0 Å². The van der Waals surface area contributed by atoms with E-state index in [-0.39, 0.29) is 11.7 Å². The maximum atomic E-state index is 10.9. The largest absolute Gasteiger partial charge is 0.491 e. The maximum absolute atomic E-state index is 10.9. The molecule has 3 rings (SSSR count). The van der Waals surface area contributed by atoms with E-state index < -0.39 is 5.97 Å². The number of aromatic carboxylic acids is 1. The molecule has 2 aromatic rings. The number of carbonyl (C=O) groups is 1. The van der Waals surface area contributed by atoms with Gasteiger partial charge in [-0.25, -0.2) is 9.78 Å². The zero-order valence-corrected chi connectivity index (χ0v) is 18.0. The number of benzene rings is 1. The van der Waals surface area contributed by atoms with Crippen molar-refractivity contribution >= 4 is 69.5 Å². The predicted octanol–water partition coefficient (Wildman–Crippen LogP) is 5.11. The second-order valence-corrected chi connectivity index (χ2v) is 9.39. The molecule has 0 saturated carbocycles. The molecular weight excluding hydrogens is 447 g/mol. The molecule has 1 saturated heterocycles. The van der Waals surface area contributed by atoms with Gasteiger partial charge in [0.1, 0.15) is 12.4 Å². The maximum Gasteiger partial charge on any atom is 0.355 e. The average molecular weight is 463 g/mol. The normalized spacial score (nSPS) is 16.7. The first-order valence-electron chi connectivity index (χ1n) is 8.12. The van der Waals surface area contributed by atoms with Crippen LogP contribution in [0.1, 0.15) is 23.3 Å². The third-order valence-corrected chi connectivity index (χ3v) is 6.87. The fraction of sp³-hybridized carbons (Fsp3) is 0.353. The van der Waals surface area contributed by atoms with Gasteiger partial charge in [0.2, 0.25) is 0 Å². The molecule has 1 aromatic heterocycles. The minimum absolute atomic E-state index is 0.0886. The number of carboxylic acid groups (broad SMARTS) is 1. The highest BCUT2D eigenvalue weighted by molar-refractivity contribution is 8.01. The van der Waals surface area contributed by atoms with Crippen LogP contribution in [0.5, 0.6) is 5.75 Å². The summed E-state index contributed by atoms with van der Waals surface area (Å²) in [6.45, 7) is 1.26. The summed E-state index contributed by atoms with van der Waals surface area (Å²) >= 11 is 20.4. The molecule has 1 fully saturated rings. The van der Waals surface area contributed by atoms with Crippen LogP contribution in [-0.4, -0.2) is 50.9 Å². The summed E-state index contributed by atoms with van der Waals surface area (Å²) in [6.07, 6.45) is 1.81. The highest BCUT2D eigenvalue weighted by Crippen LogP contribution is 2.28. The van der Waals surface area contributed by atoms with Crippen LogP contribution >= 0.6 is 58.5 Å². The number of carboxylic acids is 1. The topological polar surface area (TPSA) is 62.7 Å². The van der Waals surface area contributed by atoms with Crippen molar-refractivity contribution in [2.45, 2.75) is 23.2 Å². The lowest BCUT2D eigenvalue weighted by Gasteiger charge is -2.26. The number of nitrogens with zero attached hydrogens (tertiary/aromatic N) is 2. The van der Waals surface area contributed by atoms with Gasteiger partial charge in [-0.05, 0) is 31.0 Å². The number of ether oxygens (including phenoxy) is 1. The molecule has 1 unspecified atom stereocenters. The van der Waals surface area contributed by atoms with Gasteiger partial charge in [0.05, 0.1) is 11.0 Å². The lowest BCUT2D eigenvalue weighted by atomic mass is 10.2. The Balaban J connectivity index is 1.51. The van der Waals surface area contributed by atoms with E-state index in [2.05, 4.69) is 9.88 Å². The first kappa shape index (κ1) is 20.7. The molecule has 0 bridgehead atoms. The zero-order chi connectivity index (χ0) is 19.4. The van der Waals surface area contributed by atoms with Crippen LogP contribution in [0.3, 0.4) is 0 Å². The fourth-order valence-electron chi connectivity index (χ4n) is 2.73. The lowest BCUT2D eigenvalue weighted by Crippen LogP contribution is -2.37. The van der Waals surface area contributed by atoms with Crippen LogP contribution < -0.4 is 4.74 Å². The molecule has 1 atom stereocenters. The monoisotopic (exact) mass is 462 g/mol. The quantitative estimate of drug-likeness (QED) is 0.431. The number of likely N-dealkylation sites (tertiary alicyclic amines) is 1. The van der Waals surface area contributed by atoms with Crippen LogP contribution in [-0.2, 0) is 0 Å². The Bertz CT molecular complexity index is 826. The van der Waals surface area contributed by atoms with Gasteiger partial charge in [0, 0.05) is 27.7 Å². The van der Waals surface area contributed by atoms with Crippen molar-refractivity contribution in [3.63, 3.8) is 0 Å². The Morgan fingerprint density at radius 1 is 1.41 bits per heavy atom. The van der Waals surface area contributed by atoms with Gasteiger partial charge in [-0.2, -0.15) is 0 Å². The SMILES string of the molecule is O=C(O)c1csc(SCCN2C(=S)CCC2COc2cc(Cl)cc(Cl)c2)n1. The van der Waals surface area contributed by atoms with Gasteiger partial charge in [-0.15, -0.1) is 11.3 Å². The van der Waals surface area contributed by atoms with E-state index >= 15 is 0 Å². The number of thiocarbonyl (C=S) groups is 1. The van der Waals surface area contributed by atoms with Crippen molar-refractivity contribution in [1.82, 2.24) is 9.88 Å². The third-order valence-electron chi connectivity index (χ3n) is 3.99. The number of thioether (sulfide) groups is 1. The van der Waals surface area contributed by atoms with Crippen molar-refractivity contribution in [3.8, 4) is 5.75 Å². The average Bonchev–Trinajstić information content (AvgIpc) is 3.20. The van der Waals surface area contributed by atoms with Gasteiger partial charge >= 0.3 is 5.97 Å². The van der Waals surface area contributed by atoms with E-state index in [0.29, 0.717) is 22.4 Å². The van der Waals surface area contributed by atoms with Gasteiger partial charge in [0.25, 0.3) is 0 Å². The third kappa shape index (κ3) is 5.71. The summed E-state index contributed by atoms with van der Waals surface area (Å²) < 4.78 is 6.62. The van der Waals surface area contributed by atoms with E-state index in [1.54, 1.807) is 23.6 Å². The molecule has 1 aliphatic rings. The molecule has 5 nitrogen and oxygen atoms in total. The molecule has 1 aromatic carbocycles. The van der Waals surface area contributed by atoms with E-state index in [1.807, 2.05) is 0 Å².